The van der Waals surface area contributed by atoms with E-state index in [1.807, 2.05) is 12.1 Å². The van der Waals surface area contributed by atoms with Gasteiger partial charge in [0.05, 0.1) is 15.6 Å². The lowest BCUT2D eigenvalue weighted by Crippen LogP contribution is -2.38. The van der Waals surface area contributed by atoms with Gasteiger partial charge in [-0.05, 0) is 30.5 Å². The molecule has 0 unspecified atom stereocenters. The fourth-order valence-electron chi connectivity index (χ4n) is 1.96. The van der Waals surface area contributed by atoms with Gasteiger partial charge in [0, 0.05) is 19.6 Å². The van der Waals surface area contributed by atoms with E-state index < -0.39 is 5.60 Å². The van der Waals surface area contributed by atoms with Gasteiger partial charge < -0.3 is 9.84 Å². The largest absolute Gasteiger partial charge is 0.389 e. The summed E-state index contributed by atoms with van der Waals surface area (Å²) >= 11 is 11.8. The first-order chi connectivity index (χ1) is 7.59. The standard InChI is InChI=1S/C12H14Cl2O2/c13-10-2-1-9(7-11(10)14)8-12(15)3-5-16-6-4-12/h1-2,7,15H,3-6,8H2. The van der Waals surface area contributed by atoms with Gasteiger partial charge in [-0.1, -0.05) is 29.3 Å². The van der Waals surface area contributed by atoms with Gasteiger partial charge in [0.15, 0.2) is 0 Å². The topological polar surface area (TPSA) is 29.5 Å². The lowest BCUT2D eigenvalue weighted by Gasteiger charge is -2.32. The first-order valence-corrected chi connectivity index (χ1v) is 6.09. The highest BCUT2D eigenvalue weighted by Crippen LogP contribution is 2.28. The first-order valence-electron chi connectivity index (χ1n) is 5.33. The molecule has 1 fully saturated rings. The summed E-state index contributed by atoms with van der Waals surface area (Å²) in [6.07, 6.45) is 1.95. The Balaban J connectivity index is 2.10. The van der Waals surface area contributed by atoms with E-state index in [1.165, 1.54) is 0 Å². The van der Waals surface area contributed by atoms with Crippen LogP contribution in [-0.4, -0.2) is 23.9 Å². The zero-order valence-electron chi connectivity index (χ0n) is 8.88. The van der Waals surface area contributed by atoms with Crippen LogP contribution in [0.3, 0.4) is 0 Å². The molecule has 1 heterocycles. The maximum Gasteiger partial charge on any atom is 0.0731 e. The van der Waals surface area contributed by atoms with E-state index in [0.29, 0.717) is 42.5 Å². The Labute approximate surface area is 105 Å². The summed E-state index contributed by atoms with van der Waals surface area (Å²) in [5.74, 6) is 0. The van der Waals surface area contributed by atoms with Gasteiger partial charge in [0.1, 0.15) is 0 Å². The van der Waals surface area contributed by atoms with Gasteiger partial charge in [-0.3, -0.25) is 0 Å². The van der Waals surface area contributed by atoms with E-state index >= 15 is 0 Å². The van der Waals surface area contributed by atoms with Crippen molar-refractivity contribution in [1.29, 1.82) is 0 Å². The second-order valence-electron chi connectivity index (χ2n) is 4.26. The number of hydrogen-bond donors (Lipinski definition) is 1. The van der Waals surface area contributed by atoms with Crippen molar-refractivity contribution in [3.05, 3.63) is 33.8 Å². The van der Waals surface area contributed by atoms with Crippen LogP contribution in [0.4, 0.5) is 0 Å². The molecule has 1 aliphatic rings. The van der Waals surface area contributed by atoms with Crippen molar-refractivity contribution in [3.8, 4) is 0 Å². The third-order valence-electron chi connectivity index (χ3n) is 2.94. The van der Waals surface area contributed by atoms with Crippen molar-refractivity contribution in [2.75, 3.05) is 13.2 Å². The maximum absolute atomic E-state index is 10.3. The minimum absolute atomic E-state index is 0.537. The highest BCUT2D eigenvalue weighted by Gasteiger charge is 2.29. The average molecular weight is 261 g/mol. The van der Waals surface area contributed by atoms with Crippen LogP contribution in [0.25, 0.3) is 0 Å². The molecule has 2 rings (SSSR count). The zero-order valence-corrected chi connectivity index (χ0v) is 10.4. The van der Waals surface area contributed by atoms with Crippen LogP contribution in [0.5, 0.6) is 0 Å². The quantitative estimate of drug-likeness (QED) is 0.886. The molecular weight excluding hydrogens is 247 g/mol. The summed E-state index contributed by atoms with van der Waals surface area (Å²) in [4.78, 5) is 0. The molecule has 0 bridgehead atoms. The Kier molecular flexibility index (Phi) is 3.75. The Bertz CT molecular complexity index is 373. The number of benzene rings is 1. The predicted octanol–water partition coefficient (Wildman–Crippen LogP) is 3.08. The van der Waals surface area contributed by atoms with Gasteiger partial charge in [-0.15, -0.1) is 0 Å². The molecule has 1 saturated heterocycles. The minimum atomic E-state index is -0.657. The molecule has 1 N–H and O–H groups in total. The van der Waals surface area contributed by atoms with E-state index in [4.69, 9.17) is 27.9 Å². The van der Waals surface area contributed by atoms with Gasteiger partial charge in [-0.2, -0.15) is 0 Å². The normalized spacial score (nSPS) is 19.7. The summed E-state index contributed by atoms with van der Waals surface area (Å²) < 4.78 is 5.24. The molecule has 1 aromatic carbocycles. The van der Waals surface area contributed by atoms with Gasteiger partial charge >= 0.3 is 0 Å². The summed E-state index contributed by atoms with van der Waals surface area (Å²) in [6.45, 7) is 1.25. The third kappa shape index (κ3) is 2.89. The lowest BCUT2D eigenvalue weighted by molar-refractivity contribution is -0.0625. The molecule has 0 amide bonds. The molecular formula is C12H14Cl2O2. The van der Waals surface area contributed by atoms with Crippen molar-refractivity contribution in [2.24, 2.45) is 0 Å². The first kappa shape index (κ1) is 12.2. The summed E-state index contributed by atoms with van der Waals surface area (Å²) in [5, 5.41) is 11.4. The molecule has 88 valence electrons. The van der Waals surface area contributed by atoms with E-state index in [9.17, 15) is 5.11 Å². The van der Waals surface area contributed by atoms with E-state index in [2.05, 4.69) is 0 Å². The summed E-state index contributed by atoms with van der Waals surface area (Å²) in [6, 6.07) is 5.49. The molecule has 2 nitrogen and oxygen atoms in total. The number of rotatable bonds is 2. The highest BCUT2D eigenvalue weighted by atomic mass is 35.5. The van der Waals surface area contributed by atoms with Crippen molar-refractivity contribution >= 4 is 23.2 Å². The smallest absolute Gasteiger partial charge is 0.0731 e. The molecule has 0 radical (unpaired) electrons. The van der Waals surface area contributed by atoms with Crippen LogP contribution in [0.1, 0.15) is 18.4 Å². The fourth-order valence-corrected chi connectivity index (χ4v) is 2.28. The number of hydrogen-bond acceptors (Lipinski definition) is 2. The second-order valence-corrected chi connectivity index (χ2v) is 5.08. The van der Waals surface area contributed by atoms with Crippen LogP contribution >= 0.6 is 23.2 Å². The number of halogens is 2. The average Bonchev–Trinajstić information content (AvgIpc) is 2.24. The molecule has 0 spiro atoms. The van der Waals surface area contributed by atoms with E-state index in [1.54, 1.807) is 6.07 Å². The number of aliphatic hydroxyl groups is 1. The Hall–Kier alpha value is -0.280. The van der Waals surface area contributed by atoms with Gasteiger partial charge in [0.2, 0.25) is 0 Å². The van der Waals surface area contributed by atoms with Crippen molar-refractivity contribution in [1.82, 2.24) is 0 Å². The predicted molar refractivity (Wildman–Crippen MR) is 65.2 cm³/mol. The zero-order chi connectivity index (χ0) is 11.6. The molecule has 0 saturated carbocycles. The van der Waals surface area contributed by atoms with Crippen molar-refractivity contribution in [2.45, 2.75) is 24.9 Å². The highest BCUT2D eigenvalue weighted by molar-refractivity contribution is 6.42. The van der Waals surface area contributed by atoms with Crippen molar-refractivity contribution < 1.29 is 9.84 Å². The van der Waals surface area contributed by atoms with Crippen molar-refractivity contribution in [3.63, 3.8) is 0 Å². The molecule has 1 aromatic rings. The summed E-state index contributed by atoms with van der Waals surface area (Å²) in [5.41, 5.74) is 0.355. The van der Waals surface area contributed by atoms with Crippen LogP contribution in [0.15, 0.2) is 18.2 Å². The van der Waals surface area contributed by atoms with Crippen LogP contribution in [0.2, 0.25) is 10.0 Å². The fraction of sp³-hybridized carbons (Fsp3) is 0.500. The SMILES string of the molecule is OC1(Cc2ccc(Cl)c(Cl)c2)CCOCC1. The maximum atomic E-state index is 10.3. The molecule has 1 aliphatic heterocycles. The molecule has 4 heteroatoms. The molecule has 0 atom stereocenters. The molecule has 0 aliphatic carbocycles. The van der Waals surface area contributed by atoms with Crippen LogP contribution < -0.4 is 0 Å². The lowest BCUT2D eigenvalue weighted by atomic mass is 9.87. The van der Waals surface area contributed by atoms with Crippen LogP contribution in [-0.2, 0) is 11.2 Å². The van der Waals surface area contributed by atoms with Gasteiger partial charge in [0.25, 0.3) is 0 Å². The van der Waals surface area contributed by atoms with E-state index in [0.717, 1.165) is 5.56 Å². The van der Waals surface area contributed by atoms with E-state index in [-0.39, 0.29) is 0 Å². The Morgan fingerprint density at radius 2 is 1.88 bits per heavy atom. The second kappa shape index (κ2) is 4.92. The van der Waals surface area contributed by atoms with Crippen LogP contribution in [0, 0.1) is 0 Å². The Morgan fingerprint density at radius 3 is 2.50 bits per heavy atom. The monoisotopic (exact) mass is 260 g/mol. The Morgan fingerprint density at radius 1 is 1.19 bits per heavy atom. The molecule has 0 aromatic heterocycles. The van der Waals surface area contributed by atoms with Gasteiger partial charge in [-0.25, -0.2) is 0 Å². The minimum Gasteiger partial charge on any atom is -0.389 e. The summed E-state index contributed by atoms with van der Waals surface area (Å²) in [7, 11) is 0. The molecule has 16 heavy (non-hydrogen) atoms. The number of ether oxygens (including phenoxy) is 1. The third-order valence-corrected chi connectivity index (χ3v) is 3.68.